The lowest BCUT2D eigenvalue weighted by Crippen LogP contribution is -2.50. The van der Waals surface area contributed by atoms with Crippen LogP contribution in [0.4, 0.5) is 0 Å². The molecular formula is C23H31N3O2. The number of amides is 1. The van der Waals surface area contributed by atoms with Gasteiger partial charge < -0.3 is 9.64 Å². The normalized spacial score (nSPS) is 19.1. The third kappa shape index (κ3) is 4.65. The summed E-state index contributed by atoms with van der Waals surface area (Å²) >= 11 is 0. The number of hydrogen-bond donors (Lipinski definition) is 0. The summed E-state index contributed by atoms with van der Waals surface area (Å²) in [6.07, 6.45) is 3.60. The van der Waals surface area contributed by atoms with E-state index in [0.717, 1.165) is 64.4 Å². The largest absolute Gasteiger partial charge is 0.497 e. The van der Waals surface area contributed by atoms with Gasteiger partial charge in [-0.25, -0.2) is 0 Å². The summed E-state index contributed by atoms with van der Waals surface area (Å²) in [5.41, 5.74) is 1.34. The number of benzene rings is 2. The molecule has 0 aromatic heterocycles. The fraction of sp³-hybridized carbons (Fsp3) is 0.522. The van der Waals surface area contributed by atoms with E-state index in [1.807, 2.05) is 6.07 Å². The first kappa shape index (κ1) is 19.2. The van der Waals surface area contributed by atoms with E-state index >= 15 is 0 Å². The van der Waals surface area contributed by atoms with Crippen LogP contribution in [0, 0.1) is 0 Å². The molecule has 0 radical (unpaired) electrons. The lowest BCUT2D eigenvalue weighted by molar-refractivity contribution is -0.133. The van der Waals surface area contributed by atoms with Crippen LogP contribution in [0.5, 0.6) is 5.75 Å². The molecular weight excluding hydrogens is 350 g/mol. The number of carbonyl (C=O) groups is 1. The Hall–Kier alpha value is -2.11. The smallest absolute Gasteiger partial charge is 0.236 e. The summed E-state index contributed by atoms with van der Waals surface area (Å²) in [7, 11) is 1.70. The Morgan fingerprint density at radius 3 is 2.29 bits per heavy atom. The lowest BCUT2D eigenvalue weighted by atomic mass is 10.1. The number of methoxy groups -OCH3 is 1. The Morgan fingerprint density at radius 2 is 1.54 bits per heavy atom. The second kappa shape index (κ2) is 8.93. The molecule has 4 rings (SSSR count). The highest BCUT2D eigenvalue weighted by Crippen LogP contribution is 2.22. The molecule has 2 heterocycles. The van der Waals surface area contributed by atoms with Crippen LogP contribution < -0.4 is 4.74 Å². The second-order valence-electron chi connectivity index (χ2n) is 8.04. The molecule has 1 amide bonds. The minimum atomic E-state index is 0.318. The Kier molecular flexibility index (Phi) is 6.13. The molecule has 5 heteroatoms. The summed E-state index contributed by atoms with van der Waals surface area (Å²) in [5.74, 6) is 1.22. The molecule has 0 aliphatic carbocycles. The van der Waals surface area contributed by atoms with Crippen LogP contribution in [0.15, 0.2) is 36.4 Å². The van der Waals surface area contributed by atoms with Crippen molar-refractivity contribution in [2.24, 2.45) is 0 Å². The zero-order chi connectivity index (χ0) is 19.3. The number of carbonyl (C=O) groups excluding carboxylic acids is 1. The predicted molar refractivity (Wildman–Crippen MR) is 113 cm³/mol. The first-order valence-corrected chi connectivity index (χ1v) is 10.5. The van der Waals surface area contributed by atoms with E-state index < -0.39 is 0 Å². The maximum atomic E-state index is 12.5. The van der Waals surface area contributed by atoms with Gasteiger partial charge in [0.1, 0.15) is 5.75 Å². The fourth-order valence-corrected chi connectivity index (χ4v) is 4.30. The zero-order valence-corrected chi connectivity index (χ0v) is 16.9. The molecule has 28 heavy (non-hydrogen) atoms. The van der Waals surface area contributed by atoms with Crippen molar-refractivity contribution < 1.29 is 9.53 Å². The summed E-state index contributed by atoms with van der Waals surface area (Å²) in [5, 5.41) is 2.47. The Labute approximate surface area is 167 Å². The van der Waals surface area contributed by atoms with Gasteiger partial charge in [-0.3, -0.25) is 14.6 Å². The molecule has 2 fully saturated rings. The van der Waals surface area contributed by atoms with Gasteiger partial charge >= 0.3 is 0 Å². The fourth-order valence-electron chi connectivity index (χ4n) is 4.30. The van der Waals surface area contributed by atoms with Crippen molar-refractivity contribution in [3.05, 3.63) is 42.0 Å². The number of nitrogens with zero attached hydrogens (tertiary/aromatic N) is 3. The van der Waals surface area contributed by atoms with Gasteiger partial charge in [0.25, 0.3) is 0 Å². The molecule has 0 spiro atoms. The summed E-state index contributed by atoms with van der Waals surface area (Å²) in [6.45, 7) is 7.46. The molecule has 2 aliphatic rings. The number of piperidine rings is 1. The van der Waals surface area contributed by atoms with Gasteiger partial charge in [0.2, 0.25) is 5.91 Å². The van der Waals surface area contributed by atoms with Crippen molar-refractivity contribution in [3.8, 4) is 5.75 Å². The van der Waals surface area contributed by atoms with Gasteiger partial charge in [-0.1, -0.05) is 18.2 Å². The highest BCUT2D eigenvalue weighted by molar-refractivity contribution is 5.84. The predicted octanol–water partition coefficient (Wildman–Crippen LogP) is 2.98. The molecule has 0 bridgehead atoms. The second-order valence-corrected chi connectivity index (χ2v) is 8.04. The van der Waals surface area contributed by atoms with Gasteiger partial charge in [0.05, 0.1) is 13.7 Å². The van der Waals surface area contributed by atoms with E-state index in [0.29, 0.717) is 12.5 Å². The summed E-state index contributed by atoms with van der Waals surface area (Å²) in [4.78, 5) is 19.3. The minimum absolute atomic E-state index is 0.318. The number of rotatable bonds is 5. The van der Waals surface area contributed by atoms with Crippen LogP contribution in [-0.4, -0.2) is 73.5 Å². The van der Waals surface area contributed by atoms with Crippen molar-refractivity contribution in [1.29, 1.82) is 0 Å². The van der Waals surface area contributed by atoms with E-state index in [1.165, 1.54) is 22.8 Å². The molecule has 2 aromatic rings. The summed E-state index contributed by atoms with van der Waals surface area (Å²) < 4.78 is 5.31. The topological polar surface area (TPSA) is 36.0 Å². The molecule has 150 valence electrons. The van der Waals surface area contributed by atoms with Crippen molar-refractivity contribution in [2.45, 2.75) is 25.8 Å². The van der Waals surface area contributed by atoms with Gasteiger partial charge in [-0.15, -0.1) is 0 Å². The Balaban J connectivity index is 1.28. The Bertz CT molecular complexity index is 809. The summed E-state index contributed by atoms with van der Waals surface area (Å²) in [6, 6.07) is 12.9. The molecule has 0 atom stereocenters. The van der Waals surface area contributed by atoms with Crippen LogP contribution in [0.25, 0.3) is 10.8 Å². The van der Waals surface area contributed by atoms with Gasteiger partial charge in [-0.2, -0.15) is 0 Å². The monoisotopic (exact) mass is 381 g/mol. The van der Waals surface area contributed by atoms with Crippen LogP contribution >= 0.6 is 0 Å². The van der Waals surface area contributed by atoms with E-state index in [1.54, 1.807) is 7.11 Å². The van der Waals surface area contributed by atoms with Gasteiger partial charge in [0, 0.05) is 45.8 Å². The molecule has 2 saturated heterocycles. The minimum Gasteiger partial charge on any atom is -0.497 e. The number of hydrogen-bond acceptors (Lipinski definition) is 4. The van der Waals surface area contributed by atoms with Crippen molar-refractivity contribution in [1.82, 2.24) is 14.7 Å². The van der Waals surface area contributed by atoms with Crippen molar-refractivity contribution in [2.75, 3.05) is 52.9 Å². The quantitative estimate of drug-likeness (QED) is 0.798. The SMILES string of the molecule is COc1ccc2cc(CN3CCN(CC(=O)N4CCCCC4)CC3)ccc2c1. The van der Waals surface area contributed by atoms with E-state index in [2.05, 4.69) is 45.0 Å². The first-order valence-electron chi connectivity index (χ1n) is 10.5. The standard InChI is InChI=1S/C23H31N3O2/c1-28-22-8-7-20-15-19(5-6-21(20)16-22)17-24-11-13-25(14-12-24)18-23(27)26-9-3-2-4-10-26/h5-8,15-16H,2-4,9-14,17-18H2,1H3. The highest BCUT2D eigenvalue weighted by Gasteiger charge is 2.22. The van der Waals surface area contributed by atoms with E-state index in [9.17, 15) is 4.79 Å². The average molecular weight is 382 g/mol. The molecule has 2 aromatic carbocycles. The number of fused-ring (bicyclic) bond motifs is 1. The Morgan fingerprint density at radius 1 is 0.857 bits per heavy atom. The van der Waals surface area contributed by atoms with Crippen LogP contribution in [0.3, 0.4) is 0 Å². The van der Waals surface area contributed by atoms with Crippen LogP contribution in [0.2, 0.25) is 0 Å². The third-order valence-electron chi connectivity index (χ3n) is 6.05. The molecule has 0 saturated carbocycles. The first-order chi connectivity index (χ1) is 13.7. The molecule has 0 N–H and O–H groups in total. The van der Waals surface area contributed by atoms with Gasteiger partial charge in [-0.05, 0) is 53.8 Å². The lowest BCUT2D eigenvalue weighted by Gasteiger charge is -2.36. The van der Waals surface area contributed by atoms with Crippen LogP contribution in [-0.2, 0) is 11.3 Å². The maximum Gasteiger partial charge on any atom is 0.236 e. The zero-order valence-electron chi connectivity index (χ0n) is 16.9. The van der Waals surface area contributed by atoms with Crippen molar-refractivity contribution in [3.63, 3.8) is 0 Å². The van der Waals surface area contributed by atoms with E-state index in [-0.39, 0.29) is 0 Å². The van der Waals surface area contributed by atoms with Crippen molar-refractivity contribution >= 4 is 16.7 Å². The maximum absolute atomic E-state index is 12.5. The number of likely N-dealkylation sites (tertiary alicyclic amines) is 1. The highest BCUT2D eigenvalue weighted by atomic mass is 16.5. The number of ether oxygens (including phenoxy) is 1. The molecule has 5 nitrogen and oxygen atoms in total. The molecule has 2 aliphatic heterocycles. The third-order valence-corrected chi connectivity index (χ3v) is 6.05. The van der Waals surface area contributed by atoms with Gasteiger partial charge in [0.15, 0.2) is 0 Å². The molecule has 0 unspecified atom stereocenters. The van der Waals surface area contributed by atoms with Crippen LogP contribution in [0.1, 0.15) is 24.8 Å². The number of piperazine rings is 1. The van der Waals surface area contributed by atoms with E-state index in [4.69, 9.17) is 4.74 Å². The average Bonchev–Trinajstić information content (AvgIpc) is 2.75.